The summed E-state index contributed by atoms with van der Waals surface area (Å²) in [6, 6.07) is 11.7. The average molecular weight is 551 g/mol. The molecule has 2 aromatic carbocycles. The van der Waals surface area contributed by atoms with Crippen LogP contribution in [0.3, 0.4) is 0 Å². The van der Waals surface area contributed by atoms with Crippen LogP contribution in [0.25, 0.3) is 22.3 Å². The van der Waals surface area contributed by atoms with Gasteiger partial charge in [-0.1, -0.05) is 34.1 Å². The van der Waals surface area contributed by atoms with E-state index in [1.54, 1.807) is 24.3 Å². The molecule has 149 valence electrons. The van der Waals surface area contributed by atoms with Gasteiger partial charge in [0.15, 0.2) is 0 Å². The quantitative estimate of drug-likeness (QED) is 0.239. The number of furan rings is 1. The van der Waals surface area contributed by atoms with Crippen LogP contribution in [0.2, 0.25) is 0 Å². The van der Waals surface area contributed by atoms with Crippen molar-refractivity contribution in [2.45, 2.75) is 22.2 Å². The summed E-state index contributed by atoms with van der Waals surface area (Å²) in [4.78, 5) is -0.550. The van der Waals surface area contributed by atoms with Crippen molar-refractivity contribution in [2.75, 3.05) is 0 Å². The van der Waals surface area contributed by atoms with Crippen molar-refractivity contribution in [3.05, 3.63) is 51.4 Å². The summed E-state index contributed by atoms with van der Waals surface area (Å²) in [5.41, 5.74) is 0.262. The lowest BCUT2D eigenvalue weighted by Crippen LogP contribution is -2.49. The predicted molar refractivity (Wildman–Crippen MR) is 97.7 cm³/mol. The molecule has 3 rings (SSSR count). The molecule has 0 amide bonds. The highest BCUT2D eigenvalue weighted by atomic mass is 79.9. The van der Waals surface area contributed by atoms with Gasteiger partial charge in [-0.25, -0.2) is 0 Å². The van der Waals surface area contributed by atoms with Crippen LogP contribution in [-0.2, 0) is 0 Å². The van der Waals surface area contributed by atoms with Crippen molar-refractivity contribution in [1.29, 1.82) is 0 Å². The van der Waals surface area contributed by atoms with Crippen molar-refractivity contribution in [2.24, 2.45) is 0 Å². The fourth-order valence-corrected chi connectivity index (χ4v) is 4.88. The van der Waals surface area contributed by atoms with E-state index >= 15 is 0 Å². The second-order valence-electron chi connectivity index (χ2n) is 5.51. The topological polar surface area (TPSA) is 13.1 Å². The first-order chi connectivity index (χ1) is 12.8. The molecule has 3 aromatic rings. The molecule has 0 fully saturated rings. The molecule has 0 aliphatic heterocycles. The van der Waals surface area contributed by atoms with Gasteiger partial charge in [-0.2, -0.15) is 30.7 Å². The number of fused-ring (bicyclic) bond motifs is 1. The van der Waals surface area contributed by atoms with E-state index in [2.05, 4.69) is 37.9 Å². The molecule has 0 aliphatic rings. The lowest BCUT2D eigenvalue weighted by atomic mass is 10.1. The van der Waals surface area contributed by atoms with E-state index in [-0.39, 0.29) is 20.3 Å². The third kappa shape index (κ3) is 3.80. The molecule has 0 bridgehead atoms. The molecule has 1 nitrogen and oxygen atoms in total. The largest absolute Gasteiger partial charge is 0.460 e. The highest BCUT2D eigenvalue weighted by molar-refractivity contribution is 9.11. The van der Waals surface area contributed by atoms with Crippen LogP contribution in [0.15, 0.2) is 54.7 Å². The van der Waals surface area contributed by atoms with Crippen molar-refractivity contribution >= 4 is 54.6 Å². The Morgan fingerprint density at radius 1 is 0.929 bits per heavy atom. The Bertz CT molecular complexity index is 997. The van der Waals surface area contributed by atoms with Gasteiger partial charge < -0.3 is 4.42 Å². The monoisotopic (exact) mass is 549 g/mol. The second-order valence-corrected chi connectivity index (χ2v) is 8.31. The number of thioether (sulfide) groups is 1. The number of halogens is 9. The maximum atomic E-state index is 14.0. The lowest BCUT2D eigenvalue weighted by Gasteiger charge is -2.28. The molecule has 0 N–H and O–H groups in total. The van der Waals surface area contributed by atoms with Crippen molar-refractivity contribution in [3.8, 4) is 11.3 Å². The fraction of sp³-hybridized carbons (Fsp3) is 0.176. The minimum atomic E-state index is -6.42. The third-order valence-electron chi connectivity index (χ3n) is 3.58. The van der Waals surface area contributed by atoms with E-state index in [9.17, 15) is 30.7 Å². The first-order valence-corrected chi connectivity index (χ1v) is 9.65. The molecule has 0 aliphatic carbocycles. The van der Waals surface area contributed by atoms with Crippen LogP contribution < -0.4 is 0 Å². The molecule has 0 spiro atoms. The number of hydrogen-bond acceptors (Lipinski definition) is 2. The Hall–Kier alpha value is -1.20. The van der Waals surface area contributed by atoms with Gasteiger partial charge in [0.05, 0.1) is 0 Å². The van der Waals surface area contributed by atoms with Crippen LogP contribution >= 0.6 is 43.6 Å². The van der Waals surface area contributed by atoms with Crippen molar-refractivity contribution in [1.82, 2.24) is 0 Å². The average Bonchev–Trinajstić information content (AvgIpc) is 2.95. The molecule has 0 atom stereocenters. The Balaban J connectivity index is 2.14. The minimum absolute atomic E-state index is 0.00505. The molecule has 28 heavy (non-hydrogen) atoms. The fourth-order valence-electron chi connectivity index (χ4n) is 2.28. The van der Waals surface area contributed by atoms with Crippen LogP contribution in [0.5, 0.6) is 0 Å². The zero-order valence-corrected chi connectivity index (χ0v) is 17.2. The molecule has 1 heterocycles. The minimum Gasteiger partial charge on any atom is -0.456 e. The highest BCUT2D eigenvalue weighted by Crippen LogP contribution is 2.56. The molecule has 0 saturated carbocycles. The van der Waals surface area contributed by atoms with Crippen LogP contribution in [0.4, 0.5) is 30.7 Å². The summed E-state index contributed by atoms with van der Waals surface area (Å²) >= 11 is 5.14. The summed E-state index contributed by atoms with van der Waals surface area (Å²) in [7, 11) is 0. The molecular formula is C17H6Br2F7OS. The molecular weight excluding hydrogens is 545 g/mol. The number of para-hydroxylation sites is 1. The Labute approximate surface area is 174 Å². The predicted octanol–water partition coefficient (Wildman–Crippen LogP) is 8.31. The Kier molecular flexibility index (Phi) is 5.56. The standard InChI is InChI=1S/C17H6Br2F7OS/c18-9-6-10(19)14(12-5-8-3-1-2-4-11(8)27-12)13(7-9)28-17(25,26)15(20,21)16(22,23)24/h1-5,7H. The van der Waals surface area contributed by atoms with Gasteiger partial charge in [-0.15, -0.1) is 0 Å². The second kappa shape index (κ2) is 7.24. The van der Waals surface area contributed by atoms with E-state index in [1.165, 1.54) is 6.07 Å². The first-order valence-electron chi connectivity index (χ1n) is 7.25. The molecule has 11 heteroatoms. The highest BCUT2D eigenvalue weighted by Gasteiger charge is 2.73. The SMILES string of the molecule is FC(F)(F)C(F)(F)C(F)(F)Sc1cc(Br)[c]c(Br)c1-c1cc2ccccc2o1. The number of alkyl halides is 7. The summed E-state index contributed by atoms with van der Waals surface area (Å²) in [5, 5.41) is -4.87. The van der Waals surface area contributed by atoms with Gasteiger partial charge in [0.2, 0.25) is 0 Å². The zero-order chi connectivity index (χ0) is 20.9. The summed E-state index contributed by atoms with van der Waals surface area (Å²) in [5.74, 6) is -6.24. The molecule has 0 unspecified atom stereocenters. The molecule has 1 aromatic heterocycles. The summed E-state index contributed by atoms with van der Waals surface area (Å²) in [6.07, 6.45) is -6.42. The van der Waals surface area contributed by atoms with Gasteiger partial charge >= 0.3 is 17.4 Å². The van der Waals surface area contributed by atoms with Gasteiger partial charge in [0.1, 0.15) is 11.3 Å². The number of rotatable bonds is 4. The lowest BCUT2D eigenvalue weighted by molar-refractivity contribution is -0.330. The van der Waals surface area contributed by atoms with Crippen LogP contribution in [-0.4, -0.2) is 17.4 Å². The van der Waals surface area contributed by atoms with Crippen molar-refractivity contribution in [3.63, 3.8) is 0 Å². The van der Waals surface area contributed by atoms with Gasteiger partial charge in [-0.05, 0) is 45.9 Å². The Morgan fingerprint density at radius 2 is 1.57 bits per heavy atom. The molecule has 0 saturated heterocycles. The van der Waals surface area contributed by atoms with Crippen LogP contribution in [0.1, 0.15) is 0 Å². The summed E-state index contributed by atoms with van der Waals surface area (Å²) < 4.78 is 97.7. The maximum absolute atomic E-state index is 14.0. The normalized spacial score (nSPS) is 13.3. The van der Waals surface area contributed by atoms with Gasteiger partial charge in [-0.3, -0.25) is 0 Å². The van der Waals surface area contributed by atoms with E-state index in [1.807, 2.05) is 0 Å². The zero-order valence-electron chi connectivity index (χ0n) is 13.2. The number of hydrogen-bond donors (Lipinski definition) is 0. The third-order valence-corrected chi connectivity index (χ3v) is 5.66. The smallest absolute Gasteiger partial charge is 0.456 e. The Morgan fingerprint density at radius 3 is 2.18 bits per heavy atom. The van der Waals surface area contributed by atoms with E-state index < -0.39 is 34.0 Å². The number of benzene rings is 2. The van der Waals surface area contributed by atoms with E-state index in [0.29, 0.717) is 11.0 Å². The molecule has 1 radical (unpaired) electrons. The van der Waals surface area contributed by atoms with Gasteiger partial charge in [0, 0.05) is 30.9 Å². The van der Waals surface area contributed by atoms with E-state index in [0.717, 1.165) is 6.07 Å². The van der Waals surface area contributed by atoms with Gasteiger partial charge in [0.25, 0.3) is 0 Å². The van der Waals surface area contributed by atoms with Crippen molar-refractivity contribution < 1.29 is 35.2 Å². The first kappa shape index (κ1) is 21.5. The summed E-state index contributed by atoms with van der Waals surface area (Å²) in [6.45, 7) is 0. The van der Waals surface area contributed by atoms with E-state index in [4.69, 9.17) is 4.42 Å². The maximum Gasteiger partial charge on any atom is 0.460 e. The van der Waals surface area contributed by atoms with Crippen LogP contribution in [0, 0.1) is 6.07 Å².